The molecule has 8 heteroatoms. The van der Waals surface area contributed by atoms with Gasteiger partial charge >= 0.3 is 0 Å². The molecule has 0 radical (unpaired) electrons. The fourth-order valence-corrected chi connectivity index (χ4v) is 4.63. The van der Waals surface area contributed by atoms with Crippen LogP contribution in [-0.4, -0.2) is 38.7 Å². The Kier molecular flexibility index (Phi) is 5.78. The largest absolute Gasteiger partial charge is 0.338 e. The van der Waals surface area contributed by atoms with Crippen LogP contribution in [0.3, 0.4) is 0 Å². The molecule has 0 spiro atoms. The van der Waals surface area contributed by atoms with Gasteiger partial charge in [0.2, 0.25) is 5.91 Å². The maximum Gasteiger partial charge on any atom is 0.246 e. The third-order valence-electron chi connectivity index (χ3n) is 5.05. The molecule has 3 heterocycles. The van der Waals surface area contributed by atoms with E-state index in [0.29, 0.717) is 34.6 Å². The minimum absolute atomic E-state index is 0.0451. The van der Waals surface area contributed by atoms with E-state index in [1.165, 1.54) is 12.1 Å². The summed E-state index contributed by atoms with van der Waals surface area (Å²) in [4.78, 5) is 19.0. The zero-order chi connectivity index (χ0) is 20.4. The first-order chi connectivity index (χ1) is 14.0. The highest BCUT2D eigenvalue weighted by Crippen LogP contribution is 2.29. The molecule has 0 N–H and O–H groups in total. The number of hydrogen-bond acceptors (Lipinski definition) is 4. The second kappa shape index (κ2) is 8.47. The first kappa shape index (κ1) is 19.8. The molecular weight excluding hydrogens is 411 g/mol. The molecule has 4 rings (SSSR count). The Morgan fingerprint density at radius 2 is 2.14 bits per heavy atom. The van der Waals surface area contributed by atoms with Crippen molar-refractivity contribution in [1.29, 1.82) is 0 Å². The number of carbonyl (C=O) groups excluding carboxylic acids is 1. The van der Waals surface area contributed by atoms with Crippen LogP contribution < -0.4 is 0 Å². The number of nitrogens with zero attached hydrogens (tertiary/aromatic N) is 4. The summed E-state index contributed by atoms with van der Waals surface area (Å²) in [5.74, 6) is -0.0686. The van der Waals surface area contributed by atoms with E-state index in [-0.39, 0.29) is 11.7 Å². The highest BCUT2D eigenvalue weighted by molar-refractivity contribution is 7.09. The van der Waals surface area contributed by atoms with Crippen molar-refractivity contribution < 1.29 is 9.18 Å². The molecule has 0 saturated carbocycles. The molecule has 0 bridgehead atoms. The zero-order valence-corrected chi connectivity index (χ0v) is 17.5. The fraction of sp³-hybridized carbons (Fsp3) is 0.286. The van der Waals surface area contributed by atoms with Crippen molar-refractivity contribution in [3.63, 3.8) is 0 Å². The van der Waals surface area contributed by atoms with Gasteiger partial charge in [0.1, 0.15) is 11.0 Å². The van der Waals surface area contributed by atoms with Crippen LogP contribution in [-0.2, 0) is 4.79 Å². The number of benzene rings is 1. The monoisotopic (exact) mass is 430 g/mol. The number of amides is 1. The van der Waals surface area contributed by atoms with E-state index in [4.69, 9.17) is 11.6 Å². The van der Waals surface area contributed by atoms with Gasteiger partial charge in [0.15, 0.2) is 0 Å². The molecule has 1 aromatic carbocycles. The lowest BCUT2D eigenvalue weighted by Crippen LogP contribution is -2.38. The molecule has 1 amide bonds. The average molecular weight is 431 g/mol. The molecule has 150 valence electrons. The second-order valence-corrected chi connectivity index (χ2v) is 8.29. The molecule has 0 aliphatic carbocycles. The first-order valence-electron chi connectivity index (χ1n) is 9.40. The third-order valence-corrected chi connectivity index (χ3v) is 6.35. The van der Waals surface area contributed by atoms with Crippen molar-refractivity contribution in [3.8, 4) is 5.69 Å². The van der Waals surface area contributed by atoms with Gasteiger partial charge in [0.05, 0.1) is 16.4 Å². The van der Waals surface area contributed by atoms with E-state index < -0.39 is 0 Å². The molecule has 1 unspecified atom stereocenters. The predicted molar refractivity (Wildman–Crippen MR) is 113 cm³/mol. The van der Waals surface area contributed by atoms with Crippen LogP contribution in [0.2, 0.25) is 5.15 Å². The predicted octanol–water partition coefficient (Wildman–Crippen LogP) is 4.85. The van der Waals surface area contributed by atoms with Crippen LogP contribution >= 0.6 is 22.9 Å². The Balaban J connectivity index is 1.50. The van der Waals surface area contributed by atoms with Crippen molar-refractivity contribution in [3.05, 3.63) is 69.2 Å². The van der Waals surface area contributed by atoms with Crippen LogP contribution in [0.5, 0.6) is 0 Å². The summed E-state index contributed by atoms with van der Waals surface area (Å²) in [6.07, 6.45) is 7.09. The van der Waals surface area contributed by atoms with E-state index in [1.807, 2.05) is 23.4 Å². The minimum atomic E-state index is -0.322. The molecule has 5 nitrogen and oxygen atoms in total. The third kappa shape index (κ3) is 4.26. The SMILES string of the molecule is Cc1nn(-c2ccc(F)cc2)c(Cl)c1/C=C/C(=O)N1CCCC(c2nccs2)C1. The van der Waals surface area contributed by atoms with Crippen molar-refractivity contribution in [2.45, 2.75) is 25.7 Å². The van der Waals surface area contributed by atoms with Crippen LogP contribution in [0.15, 0.2) is 41.9 Å². The lowest BCUT2D eigenvalue weighted by molar-refractivity contribution is -0.127. The molecule has 1 aliphatic heterocycles. The number of halogens is 2. The van der Waals surface area contributed by atoms with Gasteiger partial charge in [0.25, 0.3) is 0 Å². The fourth-order valence-electron chi connectivity index (χ4n) is 3.53. The van der Waals surface area contributed by atoms with Gasteiger partial charge in [-0.25, -0.2) is 14.1 Å². The molecule has 1 atom stereocenters. The van der Waals surface area contributed by atoms with Crippen molar-refractivity contribution in [2.75, 3.05) is 13.1 Å². The lowest BCUT2D eigenvalue weighted by Gasteiger charge is -2.31. The average Bonchev–Trinajstić information content (AvgIpc) is 3.36. The molecule has 2 aromatic heterocycles. The van der Waals surface area contributed by atoms with Crippen LogP contribution in [0, 0.1) is 12.7 Å². The number of aromatic nitrogens is 3. The minimum Gasteiger partial charge on any atom is -0.338 e. The highest BCUT2D eigenvalue weighted by atomic mass is 35.5. The van der Waals surface area contributed by atoms with Crippen molar-refractivity contribution >= 4 is 34.9 Å². The quantitative estimate of drug-likeness (QED) is 0.556. The molecule has 1 aliphatic rings. The Hall–Kier alpha value is -2.51. The number of hydrogen-bond donors (Lipinski definition) is 0. The first-order valence-corrected chi connectivity index (χ1v) is 10.7. The number of aryl methyl sites for hydroxylation is 1. The molecule has 3 aromatic rings. The number of carbonyl (C=O) groups is 1. The normalized spacial score (nSPS) is 17.2. The van der Waals surface area contributed by atoms with Gasteiger partial charge in [0, 0.05) is 42.2 Å². The smallest absolute Gasteiger partial charge is 0.246 e. The van der Waals surface area contributed by atoms with Gasteiger partial charge in [-0.2, -0.15) is 5.10 Å². The van der Waals surface area contributed by atoms with E-state index in [1.54, 1.807) is 40.3 Å². The van der Waals surface area contributed by atoms with Crippen LogP contribution in [0.1, 0.15) is 35.0 Å². The van der Waals surface area contributed by atoms with E-state index in [9.17, 15) is 9.18 Å². The van der Waals surface area contributed by atoms with Crippen LogP contribution in [0.25, 0.3) is 11.8 Å². The summed E-state index contributed by atoms with van der Waals surface area (Å²) in [6.45, 7) is 3.25. The Morgan fingerprint density at radius 1 is 1.34 bits per heavy atom. The maximum atomic E-state index is 13.2. The van der Waals surface area contributed by atoms with Gasteiger partial charge in [-0.15, -0.1) is 11.3 Å². The summed E-state index contributed by atoms with van der Waals surface area (Å²) in [6, 6.07) is 5.94. The lowest BCUT2D eigenvalue weighted by atomic mass is 9.98. The van der Waals surface area contributed by atoms with Gasteiger partial charge in [-0.1, -0.05) is 11.6 Å². The Bertz CT molecular complexity index is 1030. The van der Waals surface area contributed by atoms with Crippen molar-refractivity contribution in [2.24, 2.45) is 0 Å². The standard InChI is InChI=1S/C21H20ClFN4OS/c1-14-18(20(22)27(25-14)17-6-4-16(23)5-7-17)8-9-19(28)26-11-2-3-15(13-26)21-24-10-12-29-21/h4-10,12,15H,2-3,11,13H2,1H3/b9-8+. The second-order valence-electron chi connectivity index (χ2n) is 7.01. The highest BCUT2D eigenvalue weighted by Gasteiger charge is 2.25. The number of likely N-dealkylation sites (tertiary alicyclic amines) is 1. The van der Waals surface area contributed by atoms with Crippen molar-refractivity contribution in [1.82, 2.24) is 19.7 Å². The number of thiazole rings is 1. The zero-order valence-electron chi connectivity index (χ0n) is 15.9. The summed E-state index contributed by atoms with van der Waals surface area (Å²) >= 11 is 8.13. The summed E-state index contributed by atoms with van der Waals surface area (Å²) in [5, 5.41) is 7.87. The van der Waals surface area contributed by atoms with Crippen LogP contribution in [0.4, 0.5) is 4.39 Å². The maximum absolute atomic E-state index is 13.2. The molecule has 29 heavy (non-hydrogen) atoms. The Labute approximate surface area is 177 Å². The van der Waals surface area contributed by atoms with E-state index in [2.05, 4.69) is 10.1 Å². The van der Waals surface area contributed by atoms with Gasteiger partial charge in [-0.3, -0.25) is 4.79 Å². The van der Waals surface area contributed by atoms with Gasteiger partial charge in [-0.05, 0) is 50.1 Å². The molecule has 1 fully saturated rings. The topological polar surface area (TPSA) is 51.0 Å². The number of rotatable bonds is 4. The summed E-state index contributed by atoms with van der Waals surface area (Å²) in [5.41, 5.74) is 2.04. The molecule has 1 saturated heterocycles. The van der Waals surface area contributed by atoms with Gasteiger partial charge < -0.3 is 4.90 Å². The summed E-state index contributed by atoms with van der Waals surface area (Å²) < 4.78 is 14.7. The number of piperidine rings is 1. The van der Waals surface area contributed by atoms with E-state index >= 15 is 0 Å². The Morgan fingerprint density at radius 3 is 2.86 bits per heavy atom. The molecular formula is C21H20ClFN4OS. The summed E-state index contributed by atoms with van der Waals surface area (Å²) in [7, 11) is 0. The van der Waals surface area contributed by atoms with E-state index in [0.717, 1.165) is 24.4 Å².